The molecule has 1 aromatic heterocycles. The number of rotatable bonds is 5. The molecule has 2 heterocycles. The van der Waals surface area contributed by atoms with Gasteiger partial charge in [0, 0.05) is 24.2 Å². The van der Waals surface area contributed by atoms with Gasteiger partial charge in [0.1, 0.15) is 12.2 Å². The first-order chi connectivity index (χ1) is 12.8. The number of carbonyl (C=O) groups is 1. The zero-order valence-electron chi connectivity index (χ0n) is 17.1. The second-order valence-corrected chi connectivity index (χ2v) is 8.09. The number of piperidine rings is 1. The van der Waals surface area contributed by atoms with Gasteiger partial charge in [-0.2, -0.15) is 0 Å². The number of hydrogen-bond acceptors (Lipinski definition) is 4. The molecule has 1 aromatic carbocycles. The van der Waals surface area contributed by atoms with Gasteiger partial charge in [-0.3, -0.25) is 9.69 Å². The SMILES string of the molecule is Cc1cc(C)c(NC(=O)CN2CCCC(c3nncn3C(C)C)C2)c(C)c1. The minimum Gasteiger partial charge on any atom is -0.324 e. The minimum atomic E-state index is 0.0519. The van der Waals surface area contributed by atoms with Crippen molar-refractivity contribution in [2.24, 2.45) is 0 Å². The van der Waals surface area contributed by atoms with Crippen molar-refractivity contribution in [2.75, 3.05) is 25.0 Å². The lowest BCUT2D eigenvalue weighted by atomic mass is 9.97. The maximum absolute atomic E-state index is 12.7. The maximum atomic E-state index is 12.7. The summed E-state index contributed by atoms with van der Waals surface area (Å²) in [5.74, 6) is 1.43. The fraction of sp³-hybridized carbons (Fsp3) is 0.571. The molecule has 1 unspecified atom stereocenters. The molecule has 3 rings (SSSR count). The van der Waals surface area contributed by atoms with Gasteiger partial charge in [0.05, 0.1) is 6.54 Å². The zero-order valence-corrected chi connectivity index (χ0v) is 17.1. The van der Waals surface area contributed by atoms with Gasteiger partial charge in [-0.1, -0.05) is 17.7 Å². The van der Waals surface area contributed by atoms with E-state index in [1.54, 1.807) is 0 Å². The second-order valence-electron chi connectivity index (χ2n) is 8.09. The van der Waals surface area contributed by atoms with E-state index in [4.69, 9.17) is 0 Å². The fourth-order valence-electron chi connectivity index (χ4n) is 4.11. The van der Waals surface area contributed by atoms with Crippen LogP contribution in [0.15, 0.2) is 18.5 Å². The monoisotopic (exact) mass is 369 g/mol. The third-order valence-corrected chi connectivity index (χ3v) is 5.34. The van der Waals surface area contributed by atoms with Crippen LogP contribution in [0.2, 0.25) is 0 Å². The minimum absolute atomic E-state index is 0.0519. The molecule has 1 aliphatic rings. The number of benzene rings is 1. The average Bonchev–Trinajstić information content (AvgIpc) is 3.08. The molecule has 0 radical (unpaired) electrons. The van der Waals surface area contributed by atoms with Crippen LogP contribution < -0.4 is 5.32 Å². The van der Waals surface area contributed by atoms with E-state index in [1.165, 1.54) is 5.56 Å². The van der Waals surface area contributed by atoms with E-state index in [2.05, 4.69) is 57.9 Å². The number of anilines is 1. The molecule has 1 amide bonds. The van der Waals surface area contributed by atoms with Crippen molar-refractivity contribution in [3.63, 3.8) is 0 Å². The maximum Gasteiger partial charge on any atom is 0.238 e. The van der Waals surface area contributed by atoms with E-state index in [0.29, 0.717) is 18.5 Å². The Morgan fingerprint density at radius 2 is 1.96 bits per heavy atom. The molecule has 1 saturated heterocycles. The molecule has 6 nitrogen and oxygen atoms in total. The normalized spacial score (nSPS) is 18.1. The van der Waals surface area contributed by atoms with Crippen molar-refractivity contribution in [2.45, 2.75) is 59.4 Å². The van der Waals surface area contributed by atoms with E-state index in [-0.39, 0.29) is 5.91 Å². The predicted octanol–water partition coefficient (Wildman–Crippen LogP) is 3.60. The van der Waals surface area contributed by atoms with Gasteiger partial charge in [0.2, 0.25) is 5.91 Å². The highest BCUT2D eigenvalue weighted by molar-refractivity contribution is 5.93. The van der Waals surface area contributed by atoms with Gasteiger partial charge < -0.3 is 9.88 Å². The number of hydrogen-bond donors (Lipinski definition) is 1. The molecule has 1 N–H and O–H groups in total. The van der Waals surface area contributed by atoms with Crippen LogP contribution in [0, 0.1) is 20.8 Å². The third kappa shape index (κ3) is 4.56. The van der Waals surface area contributed by atoms with Crippen LogP contribution in [0.4, 0.5) is 5.69 Å². The number of amides is 1. The Hall–Kier alpha value is -2.21. The van der Waals surface area contributed by atoms with Crippen LogP contribution >= 0.6 is 0 Å². The molecule has 0 saturated carbocycles. The molecule has 0 aliphatic carbocycles. The Morgan fingerprint density at radius 3 is 2.63 bits per heavy atom. The molecule has 1 atom stereocenters. The van der Waals surface area contributed by atoms with E-state index < -0.39 is 0 Å². The summed E-state index contributed by atoms with van der Waals surface area (Å²) in [6.07, 6.45) is 3.99. The Labute approximate surface area is 162 Å². The molecule has 146 valence electrons. The fourth-order valence-corrected chi connectivity index (χ4v) is 4.11. The van der Waals surface area contributed by atoms with Crippen molar-refractivity contribution in [3.8, 4) is 0 Å². The summed E-state index contributed by atoms with van der Waals surface area (Å²) in [5.41, 5.74) is 4.39. The molecule has 2 aromatic rings. The molecule has 1 fully saturated rings. The van der Waals surface area contributed by atoms with Crippen LogP contribution in [0.1, 0.15) is 61.2 Å². The highest BCUT2D eigenvalue weighted by atomic mass is 16.2. The summed E-state index contributed by atoms with van der Waals surface area (Å²) < 4.78 is 2.15. The zero-order chi connectivity index (χ0) is 19.6. The van der Waals surface area contributed by atoms with Crippen LogP contribution in [0.25, 0.3) is 0 Å². The Bertz CT molecular complexity index is 788. The van der Waals surface area contributed by atoms with E-state index in [9.17, 15) is 4.79 Å². The summed E-state index contributed by atoms with van der Waals surface area (Å²) >= 11 is 0. The molecular formula is C21H31N5O. The van der Waals surface area contributed by atoms with Crippen LogP contribution in [-0.4, -0.2) is 45.2 Å². The molecule has 0 spiro atoms. The number of likely N-dealkylation sites (tertiary alicyclic amines) is 1. The van der Waals surface area contributed by atoms with Gasteiger partial charge in [0.25, 0.3) is 0 Å². The summed E-state index contributed by atoms with van der Waals surface area (Å²) in [6.45, 7) is 12.7. The van der Waals surface area contributed by atoms with Gasteiger partial charge in [-0.25, -0.2) is 0 Å². The van der Waals surface area contributed by atoms with Crippen molar-refractivity contribution >= 4 is 11.6 Å². The third-order valence-electron chi connectivity index (χ3n) is 5.34. The topological polar surface area (TPSA) is 63.1 Å². The molecule has 27 heavy (non-hydrogen) atoms. The van der Waals surface area contributed by atoms with Gasteiger partial charge in [-0.15, -0.1) is 10.2 Å². The molecular weight excluding hydrogens is 338 g/mol. The highest BCUT2D eigenvalue weighted by Crippen LogP contribution is 2.27. The lowest BCUT2D eigenvalue weighted by Gasteiger charge is -2.32. The average molecular weight is 370 g/mol. The molecule has 1 aliphatic heterocycles. The van der Waals surface area contributed by atoms with Crippen LogP contribution in [-0.2, 0) is 4.79 Å². The number of aryl methyl sites for hydroxylation is 3. The quantitative estimate of drug-likeness (QED) is 0.875. The van der Waals surface area contributed by atoms with Crippen molar-refractivity contribution in [3.05, 3.63) is 41.0 Å². The van der Waals surface area contributed by atoms with Gasteiger partial charge in [-0.05, 0) is 65.1 Å². The summed E-state index contributed by atoms with van der Waals surface area (Å²) in [4.78, 5) is 14.9. The van der Waals surface area contributed by atoms with Crippen molar-refractivity contribution < 1.29 is 4.79 Å². The van der Waals surface area contributed by atoms with E-state index in [0.717, 1.165) is 48.6 Å². The summed E-state index contributed by atoms with van der Waals surface area (Å²) in [5, 5.41) is 11.6. The van der Waals surface area contributed by atoms with E-state index in [1.807, 2.05) is 20.2 Å². The van der Waals surface area contributed by atoms with Crippen LogP contribution in [0.3, 0.4) is 0 Å². The standard InChI is InChI=1S/C21H31N5O/c1-14(2)26-13-22-24-21(26)18-7-6-8-25(11-18)12-19(27)23-20-16(4)9-15(3)10-17(20)5/h9-10,13-14,18H,6-8,11-12H2,1-5H3,(H,23,27). The lowest BCUT2D eigenvalue weighted by Crippen LogP contribution is -2.40. The molecule has 0 bridgehead atoms. The lowest BCUT2D eigenvalue weighted by molar-refractivity contribution is -0.117. The Kier molecular flexibility index (Phi) is 5.95. The largest absolute Gasteiger partial charge is 0.324 e. The first-order valence-electron chi connectivity index (χ1n) is 9.84. The van der Waals surface area contributed by atoms with Crippen LogP contribution in [0.5, 0.6) is 0 Å². The van der Waals surface area contributed by atoms with Crippen molar-refractivity contribution in [1.29, 1.82) is 0 Å². The Balaban J connectivity index is 1.64. The number of aromatic nitrogens is 3. The van der Waals surface area contributed by atoms with E-state index >= 15 is 0 Å². The number of nitrogens with zero attached hydrogens (tertiary/aromatic N) is 4. The summed E-state index contributed by atoms with van der Waals surface area (Å²) in [6, 6.07) is 4.57. The Morgan fingerprint density at radius 1 is 1.26 bits per heavy atom. The predicted molar refractivity (Wildman–Crippen MR) is 108 cm³/mol. The number of carbonyl (C=O) groups excluding carboxylic acids is 1. The van der Waals surface area contributed by atoms with Crippen molar-refractivity contribution in [1.82, 2.24) is 19.7 Å². The molecule has 6 heteroatoms. The number of nitrogens with one attached hydrogen (secondary N) is 1. The smallest absolute Gasteiger partial charge is 0.238 e. The highest BCUT2D eigenvalue weighted by Gasteiger charge is 2.27. The first-order valence-corrected chi connectivity index (χ1v) is 9.84. The second kappa shape index (κ2) is 8.21. The first kappa shape index (κ1) is 19.5. The van der Waals surface area contributed by atoms with Gasteiger partial charge >= 0.3 is 0 Å². The summed E-state index contributed by atoms with van der Waals surface area (Å²) in [7, 11) is 0. The van der Waals surface area contributed by atoms with Gasteiger partial charge in [0.15, 0.2) is 0 Å².